The van der Waals surface area contributed by atoms with Crippen LogP contribution < -0.4 is 5.32 Å². The first-order valence-electron chi connectivity index (χ1n) is 8.04. The Morgan fingerprint density at radius 3 is 2.60 bits per heavy atom. The lowest BCUT2D eigenvalue weighted by Gasteiger charge is -2.14. The van der Waals surface area contributed by atoms with E-state index in [1.165, 1.54) is 6.07 Å². The van der Waals surface area contributed by atoms with Gasteiger partial charge in [0.2, 0.25) is 0 Å². The quantitative estimate of drug-likeness (QED) is 0.732. The normalized spacial score (nSPS) is 13.6. The van der Waals surface area contributed by atoms with Crippen molar-refractivity contribution < 1.29 is 13.6 Å². The molecule has 2 N–H and O–H groups in total. The van der Waals surface area contributed by atoms with E-state index in [0.717, 1.165) is 41.9 Å². The fraction of sp³-hybridized carbons (Fsp3) is 0.158. The minimum Gasteiger partial charge on any atom is -0.356 e. The van der Waals surface area contributed by atoms with Gasteiger partial charge in [0, 0.05) is 41.8 Å². The van der Waals surface area contributed by atoms with E-state index in [1.807, 2.05) is 12.1 Å². The lowest BCUT2D eigenvalue weighted by Crippen LogP contribution is -2.10. The number of carbonyl (C=O) groups is 1. The average molecular weight is 339 g/mol. The molecule has 4 nitrogen and oxygen atoms in total. The van der Waals surface area contributed by atoms with Gasteiger partial charge in [-0.1, -0.05) is 0 Å². The molecule has 2 aromatic heterocycles. The fourth-order valence-corrected chi connectivity index (χ4v) is 3.18. The molecule has 0 fully saturated rings. The summed E-state index contributed by atoms with van der Waals surface area (Å²) in [5, 5.41) is 3.10. The SMILES string of the molecule is O=C1CCCc2[nH]c(-c3ccncc3)c(Nc3ccc(F)c(F)c3)c21. The number of anilines is 2. The predicted molar refractivity (Wildman–Crippen MR) is 90.9 cm³/mol. The number of rotatable bonds is 3. The second-order valence-corrected chi connectivity index (χ2v) is 6.00. The first kappa shape index (κ1) is 15.5. The molecule has 1 aliphatic rings. The van der Waals surface area contributed by atoms with Crippen LogP contribution in [0.1, 0.15) is 28.9 Å². The predicted octanol–water partition coefficient (Wildman–Crippen LogP) is 4.62. The number of pyridine rings is 1. The van der Waals surface area contributed by atoms with E-state index < -0.39 is 11.6 Å². The van der Waals surface area contributed by atoms with Gasteiger partial charge in [0.1, 0.15) is 0 Å². The van der Waals surface area contributed by atoms with E-state index in [4.69, 9.17) is 0 Å². The minimum absolute atomic E-state index is 0.0443. The molecule has 3 aromatic rings. The van der Waals surface area contributed by atoms with Gasteiger partial charge >= 0.3 is 0 Å². The molecule has 25 heavy (non-hydrogen) atoms. The first-order valence-corrected chi connectivity index (χ1v) is 8.04. The van der Waals surface area contributed by atoms with E-state index in [-0.39, 0.29) is 5.78 Å². The summed E-state index contributed by atoms with van der Waals surface area (Å²) in [6.07, 6.45) is 5.38. The van der Waals surface area contributed by atoms with E-state index in [2.05, 4.69) is 15.3 Å². The number of halogens is 2. The Morgan fingerprint density at radius 1 is 1.04 bits per heavy atom. The Kier molecular flexibility index (Phi) is 3.80. The maximum Gasteiger partial charge on any atom is 0.166 e. The largest absolute Gasteiger partial charge is 0.356 e. The number of H-pyrrole nitrogens is 1. The minimum atomic E-state index is -0.939. The zero-order valence-corrected chi connectivity index (χ0v) is 13.3. The molecule has 1 aliphatic carbocycles. The van der Waals surface area contributed by atoms with E-state index >= 15 is 0 Å². The molecule has 0 saturated carbocycles. The number of nitrogens with one attached hydrogen (secondary N) is 2. The van der Waals surface area contributed by atoms with Gasteiger partial charge in [0.25, 0.3) is 0 Å². The van der Waals surface area contributed by atoms with E-state index in [0.29, 0.717) is 23.4 Å². The summed E-state index contributed by atoms with van der Waals surface area (Å²) in [5.41, 5.74) is 4.05. The van der Waals surface area contributed by atoms with Crippen molar-refractivity contribution >= 4 is 17.2 Å². The molecule has 0 atom stereocenters. The summed E-state index contributed by atoms with van der Waals surface area (Å²) in [6, 6.07) is 7.25. The number of fused-ring (bicyclic) bond motifs is 1. The van der Waals surface area contributed by atoms with Gasteiger partial charge in [-0.3, -0.25) is 9.78 Å². The summed E-state index contributed by atoms with van der Waals surface area (Å²) in [6.45, 7) is 0. The first-order chi connectivity index (χ1) is 12.1. The Hall–Kier alpha value is -3.02. The molecular weight excluding hydrogens is 324 g/mol. The molecule has 2 heterocycles. The highest BCUT2D eigenvalue weighted by Gasteiger charge is 2.27. The van der Waals surface area contributed by atoms with Crippen molar-refractivity contribution in [2.75, 3.05) is 5.32 Å². The zero-order chi connectivity index (χ0) is 17.4. The highest BCUT2D eigenvalue weighted by Crippen LogP contribution is 2.38. The van der Waals surface area contributed by atoms with Crippen LogP contribution in [0.3, 0.4) is 0 Å². The summed E-state index contributed by atoms with van der Waals surface area (Å²) < 4.78 is 26.7. The molecule has 0 spiro atoms. The van der Waals surface area contributed by atoms with Gasteiger partial charge in [-0.2, -0.15) is 0 Å². The monoisotopic (exact) mass is 339 g/mol. The molecular formula is C19H15F2N3O. The van der Waals surface area contributed by atoms with Crippen LogP contribution in [0.5, 0.6) is 0 Å². The third-order valence-corrected chi connectivity index (χ3v) is 4.35. The molecule has 6 heteroatoms. The summed E-state index contributed by atoms with van der Waals surface area (Å²) in [4.78, 5) is 19.8. The Balaban J connectivity index is 1.85. The fourth-order valence-electron chi connectivity index (χ4n) is 3.18. The molecule has 0 radical (unpaired) electrons. The molecule has 0 unspecified atom stereocenters. The van der Waals surface area contributed by atoms with Crippen LogP contribution in [0.25, 0.3) is 11.3 Å². The average Bonchev–Trinajstić information content (AvgIpc) is 2.99. The van der Waals surface area contributed by atoms with Gasteiger partial charge in [-0.15, -0.1) is 0 Å². The van der Waals surface area contributed by atoms with E-state index in [1.54, 1.807) is 12.4 Å². The molecule has 0 saturated heterocycles. The molecule has 0 aliphatic heterocycles. The molecule has 0 amide bonds. The van der Waals surface area contributed by atoms with Crippen LogP contribution >= 0.6 is 0 Å². The summed E-state index contributed by atoms with van der Waals surface area (Å²) in [7, 11) is 0. The number of aromatic nitrogens is 2. The van der Waals surface area contributed by atoms with Crippen LogP contribution in [0.15, 0.2) is 42.7 Å². The smallest absolute Gasteiger partial charge is 0.166 e. The van der Waals surface area contributed by atoms with Gasteiger partial charge in [-0.25, -0.2) is 8.78 Å². The number of hydrogen-bond acceptors (Lipinski definition) is 3. The number of aryl methyl sites for hydroxylation is 1. The molecule has 1 aromatic carbocycles. The van der Waals surface area contributed by atoms with Crippen molar-refractivity contribution in [3.63, 3.8) is 0 Å². The number of ketones is 1. The van der Waals surface area contributed by atoms with Gasteiger partial charge in [-0.05, 0) is 37.1 Å². The van der Waals surface area contributed by atoms with Crippen molar-refractivity contribution in [2.45, 2.75) is 19.3 Å². The van der Waals surface area contributed by atoms with Crippen LogP contribution in [0.4, 0.5) is 20.2 Å². The zero-order valence-electron chi connectivity index (χ0n) is 13.3. The van der Waals surface area contributed by atoms with Gasteiger partial charge in [0.05, 0.1) is 16.9 Å². The summed E-state index contributed by atoms with van der Waals surface area (Å²) in [5.74, 6) is -1.80. The van der Waals surface area contributed by atoms with Crippen molar-refractivity contribution in [3.8, 4) is 11.3 Å². The topological polar surface area (TPSA) is 57.8 Å². The number of carbonyl (C=O) groups excluding carboxylic acids is 1. The second kappa shape index (κ2) is 6.12. The van der Waals surface area contributed by atoms with E-state index in [9.17, 15) is 13.6 Å². The van der Waals surface area contributed by atoms with Crippen molar-refractivity contribution in [1.29, 1.82) is 0 Å². The number of Topliss-reactive ketones (excluding diaryl/α,β-unsaturated/α-hetero) is 1. The van der Waals surface area contributed by atoms with Crippen LogP contribution in [-0.2, 0) is 6.42 Å². The van der Waals surface area contributed by atoms with Crippen LogP contribution in [0, 0.1) is 11.6 Å². The Morgan fingerprint density at radius 2 is 1.84 bits per heavy atom. The highest BCUT2D eigenvalue weighted by atomic mass is 19.2. The van der Waals surface area contributed by atoms with Crippen molar-refractivity contribution in [1.82, 2.24) is 9.97 Å². The maximum absolute atomic E-state index is 13.5. The van der Waals surface area contributed by atoms with Crippen LogP contribution in [0.2, 0.25) is 0 Å². The number of nitrogens with zero attached hydrogens (tertiary/aromatic N) is 1. The number of aromatic amines is 1. The molecule has 126 valence electrons. The van der Waals surface area contributed by atoms with Crippen molar-refractivity contribution in [2.24, 2.45) is 0 Å². The van der Waals surface area contributed by atoms with Crippen LogP contribution in [-0.4, -0.2) is 15.8 Å². The maximum atomic E-state index is 13.5. The Bertz CT molecular complexity index is 951. The number of benzene rings is 1. The van der Waals surface area contributed by atoms with Gasteiger partial charge < -0.3 is 10.3 Å². The lowest BCUT2D eigenvalue weighted by molar-refractivity contribution is 0.0973. The highest BCUT2D eigenvalue weighted by molar-refractivity contribution is 6.07. The van der Waals surface area contributed by atoms with Gasteiger partial charge in [0.15, 0.2) is 17.4 Å². The van der Waals surface area contributed by atoms with Crippen molar-refractivity contribution in [3.05, 3.63) is 65.6 Å². The second-order valence-electron chi connectivity index (χ2n) is 6.00. The third-order valence-electron chi connectivity index (χ3n) is 4.35. The Labute approximate surface area is 142 Å². The lowest BCUT2D eigenvalue weighted by atomic mass is 9.95. The summed E-state index contributed by atoms with van der Waals surface area (Å²) >= 11 is 0. The standard InChI is InChI=1S/C19H15F2N3O/c20-13-5-4-12(10-14(13)21)23-19-17-15(2-1-3-16(17)25)24-18(19)11-6-8-22-9-7-11/h4-10,23-24H,1-3H2. The molecule has 0 bridgehead atoms. The molecule has 4 rings (SSSR count). The third kappa shape index (κ3) is 2.80. The number of hydrogen-bond donors (Lipinski definition) is 2.